The first-order valence-corrected chi connectivity index (χ1v) is 8.38. The number of aryl methyl sites for hydroxylation is 1. The summed E-state index contributed by atoms with van der Waals surface area (Å²) in [5.41, 5.74) is 3.30. The van der Waals surface area contributed by atoms with Crippen molar-refractivity contribution in [2.45, 2.75) is 26.4 Å². The van der Waals surface area contributed by atoms with E-state index in [2.05, 4.69) is 15.4 Å². The highest BCUT2D eigenvalue weighted by Crippen LogP contribution is 2.14. The molecule has 1 amide bonds. The Labute approximate surface area is 151 Å². The maximum atomic E-state index is 12.5. The van der Waals surface area contributed by atoms with E-state index in [0.29, 0.717) is 12.2 Å². The summed E-state index contributed by atoms with van der Waals surface area (Å²) < 4.78 is 1.21. The Kier molecular flexibility index (Phi) is 5.22. The predicted octanol–water partition coefficient (Wildman–Crippen LogP) is 2.49. The number of carbonyl (C=O) groups is 1. The Balaban J connectivity index is 1.76. The highest BCUT2D eigenvalue weighted by molar-refractivity contribution is 5.79. The first kappa shape index (κ1) is 17.5. The fraction of sp³-hybridized carbons (Fsp3) is 0.200. The molecule has 2 heterocycles. The van der Waals surface area contributed by atoms with Crippen LogP contribution < -0.4 is 10.9 Å². The van der Waals surface area contributed by atoms with Gasteiger partial charge in [0.05, 0.1) is 5.69 Å². The standard InChI is InChI=1S/C20H20N4O2/c1-14-3-5-16(6-4-14)13-22-20(26)15(2)24-19(25)8-7-18(23-24)17-9-11-21-12-10-17/h3-12,15H,13H2,1-2H3,(H,22,26). The minimum absolute atomic E-state index is 0.257. The molecule has 0 saturated carbocycles. The Bertz CT molecular complexity index is 950. The molecule has 6 nitrogen and oxygen atoms in total. The first-order chi connectivity index (χ1) is 12.5. The van der Waals surface area contributed by atoms with Crippen LogP contribution in [-0.2, 0) is 11.3 Å². The summed E-state index contributed by atoms with van der Waals surface area (Å²) in [6.07, 6.45) is 3.31. The topological polar surface area (TPSA) is 76.9 Å². The highest BCUT2D eigenvalue weighted by atomic mass is 16.2. The smallest absolute Gasteiger partial charge is 0.267 e. The van der Waals surface area contributed by atoms with Gasteiger partial charge in [0.15, 0.2) is 0 Å². The molecule has 3 rings (SSSR count). The summed E-state index contributed by atoms with van der Waals surface area (Å²) in [6, 6.07) is 13.9. The van der Waals surface area contributed by atoms with E-state index in [1.807, 2.05) is 31.2 Å². The Morgan fingerprint density at radius 2 is 1.77 bits per heavy atom. The minimum Gasteiger partial charge on any atom is -0.350 e. The lowest BCUT2D eigenvalue weighted by Gasteiger charge is -2.15. The van der Waals surface area contributed by atoms with Crippen molar-refractivity contribution in [3.8, 4) is 11.3 Å². The normalized spacial score (nSPS) is 11.8. The molecule has 0 spiro atoms. The van der Waals surface area contributed by atoms with Gasteiger partial charge < -0.3 is 5.32 Å². The molecule has 0 saturated heterocycles. The van der Waals surface area contributed by atoms with Crippen molar-refractivity contribution in [1.29, 1.82) is 0 Å². The lowest BCUT2D eigenvalue weighted by Crippen LogP contribution is -2.36. The molecule has 1 atom stereocenters. The highest BCUT2D eigenvalue weighted by Gasteiger charge is 2.17. The number of nitrogens with one attached hydrogen (secondary N) is 1. The monoisotopic (exact) mass is 348 g/mol. The Morgan fingerprint density at radius 1 is 1.08 bits per heavy atom. The van der Waals surface area contributed by atoms with E-state index >= 15 is 0 Å². The van der Waals surface area contributed by atoms with E-state index in [-0.39, 0.29) is 11.5 Å². The number of amides is 1. The van der Waals surface area contributed by atoms with Gasteiger partial charge in [-0.3, -0.25) is 14.6 Å². The van der Waals surface area contributed by atoms with Gasteiger partial charge in [-0.05, 0) is 37.6 Å². The van der Waals surface area contributed by atoms with Crippen LogP contribution in [0.3, 0.4) is 0 Å². The van der Waals surface area contributed by atoms with Gasteiger partial charge in [0.25, 0.3) is 5.56 Å². The molecule has 0 aliphatic rings. The molecule has 26 heavy (non-hydrogen) atoms. The third-order valence-corrected chi connectivity index (χ3v) is 4.13. The zero-order chi connectivity index (χ0) is 18.5. The van der Waals surface area contributed by atoms with Crippen molar-refractivity contribution in [3.63, 3.8) is 0 Å². The fourth-order valence-electron chi connectivity index (χ4n) is 2.53. The van der Waals surface area contributed by atoms with E-state index in [4.69, 9.17) is 0 Å². The van der Waals surface area contributed by atoms with Crippen molar-refractivity contribution < 1.29 is 4.79 Å². The van der Waals surface area contributed by atoms with Crippen LogP contribution in [0.25, 0.3) is 11.3 Å². The van der Waals surface area contributed by atoms with Crippen molar-refractivity contribution >= 4 is 5.91 Å². The molecule has 0 aliphatic carbocycles. The molecule has 0 aliphatic heterocycles. The van der Waals surface area contributed by atoms with Crippen LogP contribution in [0.4, 0.5) is 0 Å². The van der Waals surface area contributed by atoms with Crippen molar-refractivity contribution in [1.82, 2.24) is 20.1 Å². The zero-order valence-corrected chi connectivity index (χ0v) is 14.7. The molecule has 0 radical (unpaired) electrons. The third-order valence-electron chi connectivity index (χ3n) is 4.13. The summed E-state index contributed by atoms with van der Waals surface area (Å²) in [5, 5.41) is 7.20. The van der Waals surface area contributed by atoms with Gasteiger partial charge in [0, 0.05) is 30.6 Å². The van der Waals surface area contributed by atoms with Gasteiger partial charge >= 0.3 is 0 Å². The summed E-state index contributed by atoms with van der Waals surface area (Å²) in [7, 11) is 0. The zero-order valence-electron chi connectivity index (χ0n) is 14.7. The van der Waals surface area contributed by atoms with E-state index in [1.165, 1.54) is 10.7 Å². The average Bonchev–Trinajstić information content (AvgIpc) is 2.68. The number of rotatable bonds is 5. The van der Waals surface area contributed by atoms with Crippen molar-refractivity contribution in [3.05, 3.63) is 82.4 Å². The maximum absolute atomic E-state index is 12.5. The number of hydrogen-bond donors (Lipinski definition) is 1. The van der Waals surface area contributed by atoms with Crippen LogP contribution in [0.1, 0.15) is 24.1 Å². The molecule has 6 heteroatoms. The Morgan fingerprint density at radius 3 is 2.46 bits per heavy atom. The quantitative estimate of drug-likeness (QED) is 0.768. The molecule has 0 fully saturated rings. The number of benzene rings is 1. The number of nitrogens with zero attached hydrogens (tertiary/aromatic N) is 3. The third kappa shape index (κ3) is 4.03. The molecular formula is C20H20N4O2. The van der Waals surface area contributed by atoms with Crippen LogP contribution in [0.2, 0.25) is 0 Å². The van der Waals surface area contributed by atoms with Gasteiger partial charge in [0.1, 0.15) is 6.04 Å². The van der Waals surface area contributed by atoms with Gasteiger partial charge in [-0.15, -0.1) is 0 Å². The van der Waals surface area contributed by atoms with Crippen molar-refractivity contribution in [2.24, 2.45) is 0 Å². The van der Waals surface area contributed by atoms with E-state index in [0.717, 1.165) is 16.7 Å². The van der Waals surface area contributed by atoms with E-state index < -0.39 is 6.04 Å². The van der Waals surface area contributed by atoms with Gasteiger partial charge in [0.2, 0.25) is 5.91 Å². The van der Waals surface area contributed by atoms with Crippen molar-refractivity contribution in [2.75, 3.05) is 0 Å². The van der Waals surface area contributed by atoms with Crippen LogP contribution in [-0.4, -0.2) is 20.7 Å². The predicted molar refractivity (Wildman–Crippen MR) is 99.5 cm³/mol. The molecule has 1 N–H and O–H groups in total. The van der Waals surface area contributed by atoms with Crippen LogP contribution >= 0.6 is 0 Å². The molecule has 1 aromatic carbocycles. The maximum Gasteiger partial charge on any atom is 0.267 e. The minimum atomic E-state index is -0.713. The molecule has 2 aromatic heterocycles. The molecule has 3 aromatic rings. The van der Waals surface area contributed by atoms with Crippen LogP contribution in [0.5, 0.6) is 0 Å². The summed E-state index contributed by atoms with van der Waals surface area (Å²) in [4.78, 5) is 28.6. The van der Waals surface area contributed by atoms with Gasteiger partial charge in [-0.1, -0.05) is 29.8 Å². The number of carbonyl (C=O) groups excluding carboxylic acids is 1. The molecular weight excluding hydrogens is 328 g/mol. The van der Waals surface area contributed by atoms with E-state index in [1.54, 1.807) is 37.5 Å². The molecule has 0 bridgehead atoms. The van der Waals surface area contributed by atoms with E-state index in [9.17, 15) is 9.59 Å². The second-order valence-corrected chi connectivity index (χ2v) is 6.12. The van der Waals surface area contributed by atoms with Gasteiger partial charge in [-0.25, -0.2) is 4.68 Å². The average molecular weight is 348 g/mol. The second kappa shape index (κ2) is 7.74. The lowest BCUT2D eigenvalue weighted by molar-refractivity contribution is -0.124. The Hall–Kier alpha value is -3.28. The fourth-order valence-corrected chi connectivity index (χ4v) is 2.53. The summed E-state index contributed by atoms with van der Waals surface area (Å²) in [5.74, 6) is -0.257. The summed E-state index contributed by atoms with van der Waals surface area (Å²) in [6.45, 7) is 4.08. The SMILES string of the molecule is Cc1ccc(CNC(=O)C(C)n2nc(-c3ccncc3)ccc2=O)cc1. The van der Waals surface area contributed by atoms with Crippen LogP contribution in [0, 0.1) is 6.92 Å². The number of pyridine rings is 1. The number of aromatic nitrogens is 3. The second-order valence-electron chi connectivity index (χ2n) is 6.12. The lowest BCUT2D eigenvalue weighted by atomic mass is 10.1. The number of hydrogen-bond acceptors (Lipinski definition) is 4. The first-order valence-electron chi connectivity index (χ1n) is 8.38. The molecule has 1 unspecified atom stereocenters. The van der Waals surface area contributed by atoms with Gasteiger partial charge in [-0.2, -0.15) is 5.10 Å². The largest absolute Gasteiger partial charge is 0.350 e. The molecule has 132 valence electrons. The summed E-state index contributed by atoms with van der Waals surface area (Å²) >= 11 is 0. The van der Waals surface area contributed by atoms with Crippen LogP contribution in [0.15, 0.2) is 65.7 Å².